The zero-order chi connectivity index (χ0) is 20.9. The third kappa shape index (κ3) is 2.77. The molecular weight excluding hydrogens is 377 g/mol. The highest BCUT2D eigenvalue weighted by Crippen LogP contribution is 2.33. The molecule has 29 heavy (non-hydrogen) atoms. The minimum absolute atomic E-state index is 0.0125. The predicted octanol–water partition coefficient (Wildman–Crippen LogP) is 2.31. The van der Waals surface area contributed by atoms with E-state index in [0.29, 0.717) is 5.56 Å². The van der Waals surface area contributed by atoms with E-state index in [2.05, 4.69) is 4.98 Å². The van der Waals surface area contributed by atoms with E-state index < -0.39 is 22.8 Å². The number of aromatic nitrogens is 3. The first-order valence-corrected chi connectivity index (χ1v) is 8.71. The number of hydrogen-bond acceptors (Lipinski definition) is 4. The fraction of sp³-hybridized carbons (Fsp3) is 0.0952. The number of carbonyl (C=O) groups excluding carboxylic acids is 1. The summed E-state index contributed by atoms with van der Waals surface area (Å²) in [6.07, 6.45) is 0. The van der Waals surface area contributed by atoms with Crippen molar-refractivity contribution in [2.24, 2.45) is 14.1 Å². The minimum Gasteiger partial charge on any atom is -0.507 e. The standard InChI is InChI=1S/C21H16FN3O4/c1-24-19-16(20(28)25(2)21(24)29)15(11-6-5-7-12(22)10-11)17(23-19)18(27)13-8-3-4-9-14(13)26/h3-10,23,26H,1-2H3. The van der Waals surface area contributed by atoms with Crippen molar-refractivity contribution in [2.75, 3.05) is 0 Å². The lowest BCUT2D eigenvalue weighted by Gasteiger charge is -2.07. The molecule has 0 aliphatic rings. The molecule has 4 rings (SSSR count). The van der Waals surface area contributed by atoms with Gasteiger partial charge in [0.2, 0.25) is 5.78 Å². The molecule has 0 atom stereocenters. The zero-order valence-electron chi connectivity index (χ0n) is 15.6. The number of aromatic amines is 1. The summed E-state index contributed by atoms with van der Waals surface area (Å²) in [7, 11) is 2.79. The van der Waals surface area contributed by atoms with Gasteiger partial charge in [-0.1, -0.05) is 24.3 Å². The number of nitrogens with zero attached hydrogens (tertiary/aromatic N) is 2. The molecule has 0 aliphatic heterocycles. The van der Waals surface area contributed by atoms with Gasteiger partial charge in [-0.25, -0.2) is 9.18 Å². The molecule has 2 heterocycles. The summed E-state index contributed by atoms with van der Waals surface area (Å²) >= 11 is 0. The molecule has 0 saturated heterocycles. The van der Waals surface area contributed by atoms with Crippen molar-refractivity contribution in [3.8, 4) is 16.9 Å². The topological polar surface area (TPSA) is 97.1 Å². The van der Waals surface area contributed by atoms with Crippen LogP contribution >= 0.6 is 0 Å². The van der Waals surface area contributed by atoms with Crippen molar-refractivity contribution in [2.45, 2.75) is 0 Å². The molecule has 8 heteroatoms. The number of carbonyl (C=O) groups is 1. The molecule has 2 N–H and O–H groups in total. The lowest BCUT2D eigenvalue weighted by atomic mass is 9.98. The highest BCUT2D eigenvalue weighted by Gasteiger charge is 2.26. The van der Waals surface area contributed by atoms with Crippen LogP contribution in [0.5, 0.6) is 5.75 Å². The number of phenolic OH excluding ortho intramolecular Hbond substituents is 1. The molecule has 0 radical (unpaired) electrons. The second-order valence-electron chi connectivity index (χ2n) is 6.66. The largest absolute Gasteiger partial charge is 0.507 e. The van der Waals surface area contributed by atoms with Crippen LogP contribution in [-0.4, -0.2) is 25.0 Å². The van der Waals surface area contributed by atoms with Crippen molar-refractivity contribution in [1.82, 2.24) is 14.1 Å². The number of phenols is 1. The SMILES string of the molecule is Cn1c(=O)c2c(-c3cccc(F)c3)c(C(=O)c3ccccc3O)[nH]c2n(C)c1=O. The van der Waals surface area contributed by atoms with Crippen LogP contribution in [0.4, 0.5) is 4.39 Å². The molecule has 0 amide bonds. The van der Waals surface area contributed by atoms with Gasteiger partial charge in [0.05, 0.1) is 16.6 Å². The number of ketones is 1. The lowest BCUT2D eigenvalue weighted by molar-refractivity contribution is 0.103. The number of hydrogen-bond donors (Lipinski definition) is 2. The maximum atomic E-state index is 13.9. The van der Waals surface area contributed by atoms with Crippen LogP contribution in [0.25, 0.3) is 22.2 Å². The van der Waals surface area contributed by atoms with Crippen LogP contribution in [0.2, 0.25) is 0 Å². The Balaban J connectivity index is 2.16. The molecule has 0 spiro atoms. The van der Waals surface area contributed by atoms with E-state index in [1.165, 1.54) is 49.0 Å². The fourth-order valence-electron chi connectivity index (χ4n) is 3.43. The Morgan fingerprint density at radius 2 is 1.76 bits per heavy atom. The number of fused-ring (bicyclic) bond motifs is 1. The number of nitrogens with one attached hydrogen (secondary N) is 1. The lowest BCUT2D eigenvalue weighted by Crippen LogP contribution is -2.36. The molecule has 2 aromatic carbocycles. The summed E-state index contributed by atoms with van der Waals surface area (Å²) in [4.78, 5) is 41.3. The van der Waals surface area contributed by atoms with Gasteiger partial charge in [0.25, 0.3) is 5.56 Å². The Labute approximate surface area is 163 Å². The average molecular weight is 393 g/mol. The second-order valence-corrected chi connectivity index (χ2v) is 6.66. The highest BCUT2D eigenvalue weighted by molar-refractivity contribution is 6.17. The quantitative estimate of drug-likeness (QED) is 0.522. The Hall–Kier alpha value is -3.94. The van der Waals surface area contributed by atoms with E-state index in [1.54, 1.807) is 18.2 Å². The van der Waals surface area contributed by atoms with Crippen molar-refractivity contribution in [1.29, 1.82) is 0 Å². The second kappa shape index (κ2) is 6.59. The van der Waals surface area contributed by atoms with E-state index in [-0.39, 0.29) is 33.6 Å². The monoisotopic (exact) mass is 393 g/mol. The smallest absolute Gasteiger partial charge is 0.332 e. The summed E-state index contributed by atoms with van der Waals surface area (Å²) in [6.45, 7) is 0. The molecule has 0 aliphatic carbocycles. The number of H-pyrrole nitrogens is 1. The van der Waals surface area contributed by atoms with Gasteiger partial charge < -0.3 is 10.1 Å². The van der Waals surface area contributed by atoms with E-state index in [4.69, 9.17) is 0 Å². The molecule has 0 bridgehead atoms. The third-order valence-corrected chi connectivity index (χ3v) is 4.90. The number of aromatic hydroxyl groups is 1. The Morgan fingerprint density at radius 3 is 2.45 bits per heavy atom. The van der Waals surface area contributed by atoms with Crippen molar-refractivity contribution < 1.29 is 14.3 Å². The molecular formula is C21H16FN3O4. The predicted molar refractivity (Wildman–Crippen MR) is 106 cm³/mol. The molecule has 2 aromatic heterocycles. The van der Waals surface area contributed by atoms with Gasteiger partial charge in [-0.05, 0) is 29.8 Å². The molecule has 4 aromatic rings. The summed E-state index contributed by atoms with van der Waals surface area (Å²) in [5, 5.41) is 10.2. The number of benzene rings is 2. The van der Waals surface area contributed by atoms with E-state index in [0.717, 1.165) is 4.57 Å². The number of para-hydroxylation sites is 1. The molecule has 0 fully saturated rings. The van der Waals surface area contributed by atoms with E-state index in [9.17, 15) is 23.9 Å². The van der Waals surface area contributed by atoms with Crippen LogP contribution in [0, 0.1) is 5.82 Å². The molecule has 0 saturated carbocycles. The third-order valence-electron chi connectivity index (χ3n) is 4.90. The highest BCUT2D eigenvalue weighted by atomic mass is 19.1. The summed E-state index contributed by atoms with van der Waals surface area (Å²) in [5.41, 5.74) is -0.596. The van der Waals surface area contributed by atoms with Crippen LogP contribution < -0.4 is 11.2 Å². The first-order valence-electron chi connectivity index (χ1n) is 8.71. The first-order chi connectivity index (χ1) is 13.8. The van der Waals surface area contributed by atoms with Crippen LogP contribution in [0.3, 0.4) is 0 Å². The van der Waals surface area contributed by atoms with Crippen LogP contribution in [-0.2, 0) is 14.1 Å². The Bertz CT molecular complexity index is 1410. The van der Waals surface area contributed by atoms with Gasteiger partial charge in [-0.2, -0.15) is 0 Å². The van der Waals surface area contributed by atoms with Crippen LogP contribution in [0.1, 0.15) is 16.1 Å². The van der Waals surface area contributed by atoms with E-state index in [1.807, 2.05) is 0 Å². The summed E-state index contributed by atoms with van der Waals surface area (Å²) in [5.74, 6) is -1.37. The van der Waals surface area contributed by atoms with Gasteiger partial charge in [0.1, 0.15) is 17.2 Å². The van der Waals surface area contributed by atoms with Gasteiger partial charge >= 0.3 is 5.69 Å². The average Bonchev–Trinajstić information content (AvgIpc) is 3.11. The molecule has 7 nitrogen and oxygen atoms in total. The first kappa shape index (κ1) is 18.4. The summed E-state index contributed by atoms with van der Waals surface area (Å²) < 4.78 is 16.1. The zero-order valence-corrected chi connectivity index (χ0v) is 15.6. The summed E-state index contributed by atoms with van der Waals surface area (Å²) in [6, 6.07) is 11.5. The van der Waals surface area contributed by atoms with E-state index >= 15 is 0 Å². The minimum atomic E-state index is -0.616. The van der Waals surface area contributed by atoms with Crippen molar-refractivity contribution >= 4 is 16.8 Å². The Kier molecular flexibility index (Phi) is 4.19. The molecule has 0 unspecified atom stereocenters. The normalized spacial score (nSPS) is 11.1. The maximum absolute atomic E-state index is 13.9. The van der Waals surface area contributed by atoms with Gasteiger partial charge in [0, 0.05) is 19.7 Å². The number of rotatable bonds is 3. The molecule has 146 valence electrons. The van der Waals surface area contributed by atoms with Crippen LogP contribution in [0.15, 0.2) is 58.1 Å². The Morgan fingerprint density at radius 1 is 1.03 bits per heavy atom. The number of aryl methyl sites for hydroxylation is 1. The maximum Gasteiger partial charge on any atom is 0.332 e. The van der Waals surface area contributed by atoms with Crippen molar-refractivity contribution in [3.05, 3.63) is 86.4 Å². The van der Waals surface area contributed by atoms with Gasteiger partial charge in [0.15, 0.2) is 0 Å². The fourth-order valence-corrected chi connectivity index (χ4v) is 3.43. The van der Waals surface area contributed by atoms with Gasteiger partial charge in [-0.15, -0.1) is 0 Å². The number of halogens is 1. The van der Waals surface area contributed by atoms with Gasteiger partial charge in [-0.3, -0.25) is 18.7 Å². The van der Waals surface area contributed by atoms with Crippen molar-refractivity contribution in [3.63, 3.8) is 0 Å².